The van der Waals surface area contributed by atoms with Crippen LogP contribution < -0.4 is 10.6 Å². The molecule has 0 unspecified atom stereocenters. The maximum atomic E-state index is 12.2. The monoisotopic (exact) mass is 335 g/mol. The second-order valence-corrected chi connectivity index (χ2v) is 7.80. The first-order valence-corrected chi connectivity index (χ1v) is 9.29. The van der Waals surface area contributed by atoms with Crippen LogP contribution in [0.1, 0.15) is 43.2 Å². The molecule has 2 amide bonds. The van der Waals surface area contributed by atoms with Gasteiger partial charge < -0.3 is 10.6 Å². The predicted octanol–water partition coefficient (Wildman–Crippen LogP) is 1.70. The average Bonchev–Trinajstić information content (AvgIpc) is 3.21. The van der Waals surface area contributed by atoms with E-state index in [2.05, 4.69) is 27.0 Å². The topological polar surface area (TPSA) is 61.4 Å². The van der Waals surface area contributed by atoms with Crippen molar-refractivity contribution >= 4 is 23.2 Å². The molecule has 1 aromatic rings. The van der Waals surface area contributed by atoms with Gasteiger partial charge in [0.25, 0.3) is 0 Å². The van der Waals surface area contributed by atoms with Gasteiger partial charge in [-0.1, -0.05) is 0 Å². The summed E-state index contributed by atoms with van der Waals surface area (Å²) in [6.45, 7) is 5.19. The van der Waals surface area contributed by atoms with Crippen molar-refractivity contribution in [1.82, 2.24) is 15.5 Å². The molecule has 3 rings (SSSR count). The number of rotatable bonds is 6. The molecule has 1 fully saturated rings. The van der Waals surface area contributed by atoms with Crippen LogP contribution in [-0.4, -0.2) is 42.4 Å². The first-order valence-electron chi connectivity index (χ1n) is 8.41. The zero-order valence-corrected chi connectivity index (χ0v) is 14.6. The van der Waals surface area contributed by atoms with Gasteiger partial charge in [-0.3, -0.25) is 14.5 Å². The third-order valence-electron chi connectivity index (χ3n) is 4.43. The summed E-state index contributed by atoms with van der Waals surface area (Å²) in [6.07, 6.45) is 3.54. The number of thiophene rings is 1. The van der Waals surface area contributed by atoms with E-state index in [-0.39, 0.29) is 24.4 Å². The van der Waals surface area contributed by atoms with Crippen molar-refractivity contribution in [2.75, 3.05) is 19.6 Å². The van der Waals surface area contributed by atoms with Gasteiger partial charge in [-0.05, 0) is 56.0 Å². The van der Waals surface area contributed by atoms with E-state index >= 15 is 0 Å². The van der Waals surface area contributed by atoms with Crippen LogP contribution in [0.4, 0.5) is 0 Å². The van der Waals surface area contributed by atoms with Crippen LogP contribution >= 0.6 is 11.3 Å². The Bertz CT molecular complexity index is 580. The minimum absolute atomic E-state index is 0.0582. The summed E-state index contributed by atoms with van der Waals surface area (Å²) >= 11 is 1.83. The van der Waals surface area contributed by atoms with Gasteiger partial charge >= 0.3 is 0 Å². The molecule has 126 valence electrons. The molecule has 6 heteroatoms. The number of amides is 2. The summed E-state index contributed by atoms with van der Waals surface area (Å²) in [7, 11) is 0. The summed E-state index contributed by atoms with van der Waals surface area (Å²) in [5.74, 6) is 0.500. The molecular formula is C17H25N3O2S. The van der Waals surface area contributed by atoms with Crippen molar-refractivity contribution < 1.29 is 9.59 Å². The van der Waals surface area contributed by atoms with Gasteiger partial charge in [0, 0.05) is 23.5 Å². The van der Waals surface area contributed by atoms with Crippen molar-refractivity contribution in [2.45, 2.75) is 45.2 Å². The van der Waals surface area contributed by atoms with E-state index < -0.39 is 0 Å². The van der Waals surface area contributed by atoms with Crippen molar-refractivity contribution in [3.05, 3.63) is 21.9 Å². The molecule has 0 radical (unpaired) electrons. The Kier molecular flexibility index (Phi) is 5.02. The Hall–Kier alpha value is -1.40. The van der Waals surface area contributed by atoms with Gasteiger partial charge in [-0.2, -0.15) is 0 Å². The highest BCUT2D eigenvalue weighted by Gasteiger charge is 2.40. The minimum Gasteiger partial charge on any atom is -0.352 e. The molecule has 23 heavy (non-hydrogen) atoms. The van der Waals surface area contributed by atoms with E-state index in [9.17, 15) is 9.59 Å². The van der Waals surface area contributed by atoms with Crippen LogP contribution in [0.3, 0.4) is 0 Å². The summed E-state index contributed by atoms with van der Waals surface area (Å²) in [5.41, 5.74) is 1.43. The third-order valence-corrected chi connectivity index (χ3v) is 5.43. The largest absolute Gasteiger partial charge is 0.352 e. The summed E-state index contributed by atoms with van der Waals surface area (Å²) in [5, 5.41) is 7.69. The van der Waals surface area contributed by atoms with Gasteiger partial charge in [0.15, 0.2) is 0 Å². The SMILES string of the molecule is CC(C)NC(=O)CNC(=O)CN1CCc2sccc2[C@@H]1C1CC1. The molecule has 0 spiro atoms. The molecule has 1 aromatic heterocycles. The molecule has 2 aliphatic rings. The van der Waals surface area contributed by atoms with Gasteiger partial charge in [0.05, 0.1) is 13.1 Å². The number of fused-ring (bicyclic) bond motifs is 1. The Morgan fingerprint density at radius 1 is 1.35 bits per heavy atom. The van der Waals surface area contributed by atoms with E-state index in [1.54, 1.807) is 0 Å². The van der Waals surface area contributed by atoms with Crippen LogP contribution in [0.25, 0.3) is 0 Å². The molecule has 0 bridgehead atoms. The Morgan fingerprint density at radius 2 is 2.13 bits per heavy atom. The fraction of sp³-hybridized carbons (Fsp3) is 0.647. The van der Waals surface area contributed by atoms with Crippen molar-refractivity contribution in [1.29, 1.82) is 0 Å². The predicted molar refractivity (Wildman–Crippen MR) is 91.3 cm³/mol. The normalized spacial score (nSPS) is 21.1. The second kappa shape index (κ2) is 7.01. The highest BCUT2D eigenvalue weighted by molar-refractivity contribution is 7.10. The number of hydrogen-bond acceptors (Lipinski definition) is 4. The van der Waals surface area contributed by atoms with Gasteiger partial charge in [0.1, 0.15) is 0 Å². The fourth-order valence-electron chi connectivity index (χ4n) is 3.33. The number of nitrogens with one attached hydrogen (secondary N) is 2. The van der Waals surface area contributed by atoms with E-state index in [1.165, 1.54) is 23.3 Å². The first kappa shape index (κ1) is 16.5. The van der Waals surface area contributed by atoms with Crippen LogP contribution in [0.2, 0.25) is 0 Å². The molecular weight excluding hydrogens is 310 g/mol. The molecule has 1 saturated carbocycles. The number of hydrogen-bond donors (Lipinski definition) is 2. The Morgan fingerprint density at radius 3 is 2.83 bits per heavy atom. The molecule has 1 atom stereocenters. The molecule has 2 N–H and O–H groups in total. The lowest BCUT2D eigenvalue weighted by Gasteiger charge is -2.35. The zero-order chi connectivity index (χ0) is 16.4. The Labute approximate surface area is 141 Å². The molecule has 1 aliphatic carbocycles. The smallest absolute Gasteiger partial charge is 0.239 e. The summed E-state index contributed by atoms with van der Waals surface area (Å²) < 4.78 is 0. The number of carbonyl (C=O) groups is 2. The van der Waals surface area contributed by atoms with Crippen molar-refractivity contribution in [3.8, 4) is 0 Å². The molecule has 2 heterocycles. The highest BCUT2D eigenvalue weighted by Crippen LogP contribution is 2.48. The van der Waals surface area contributed by atoms with Gasteiger partial charge in [-0.15, -0.1) is 11.3 Å². The standard InChI is InChI=1S/C17H25N3O2S/c1-11(2)19-15(21)9-18-16(22)10-20-7-5-14-13(6-8-23-14)17(20)12-3-4-12/h6,8,11-12,17H,3-5,7,9-10H2,1-2H3,(H,18,22)(H,19,21)/t17-/m0/s1. The fourth-order valence-corrected chi connectivity index (χ4v) is 4.24. The van der Waals surface area contributed by atoms with Crippen LogP contribution in [-0.2, 0) is 16.0 Å². The van der Waals surface area contributed by atoms with E-state index in [1.807, 2.05) is 25.2 Å². The maximum absolute atomic E-state index is 12.2. The van der Waals surface area contributed by atoms with E-state index in [0.717, 1.165) is 13.0 Å². The van der Waals surface area contributed by atoms with E-state index in [0.29, 0.717) is 18.5 Å². The van der Waals surface area contributed by atoms with Crippen LogP contribution in [0.5, 0.6) is 0 Å². The molecule has 1 aliphatic heterocycles. The summed E-state index contributed by atoms with van der Waals surface area (Å²) in [6, 6.07) is 2.71. The van der Waals surface area contributed by atoms with Gasteiger partial charge in [0.2, 0.25) is 11.8 Å². The zero-order valence-electron chi connectivity index (χ0n) is 13.8. The molecule has 0 aromatic carbocycles. The lowest BCUT2D eigenvalue weighted by Crippen LogP contribution is -2.46. The number of nitrogens with zero attached hydrogens (tertiary/aromatic N) is 1. The van der Waals surface area contributed by atoms with E-state index in [4.69, 9.17) is 0 Å². The molecule has 0 saturated heterocycles. The average molecular weight is 335 g/mol. The maximum Gasteiger partial charge on any atom is 0.239 e. The lowest BCUT2D eigenvalue weighted by atomic mass is 9.96. The Balaban J connectivity index is 1.55. The first-order chi connectivity index (χ1) is 11.0. The highest BCUT2D eigenvalue weighted by atomic mass is 32.1. The molecule has 5 nitrogen and oxygen atoms in total. The number of carbonyl (C=O) groups excluding carboxylic acids is 2. The minimum atomic E-state index is -0.133. The van der Waals surface area contributed by atoms with Crippen molar-refractivity contribution in [3.63, 3.8) is 0 Å². The van der Waals surface area contributed by atoms with Crippen LogP contribution in [0, 0.1) is 5.92 Å². The van der Waals surface area contributed by atoms with Crippen molar-refractivity contribution in [2.24, 2.45) is 5.92 Å². The third kappa shape index (κ3) is 4.12. The van der Waals surface area contributed by atoms with Crippen LogP contribution in [0.15, 0.2) is 11.4 Å². The quantitative estimate of drug-likeness (QED) is 0.832. The van der Waals surface area contributed by atoms with Gasteiger partial charge in [-0.25, -0.2) is 0 Å². The second-order valence-electron chi connectivity index (χ2n) is 6.80. The lowest BCUT2D eigenvalue weighted by molar-refractivity contribution is -0.127. The summed E-state index contributed by atoms with van der Waals surface area (Å²) in [4.78, 5) is 27.6.